The van der Waals surface area contributed by atoms with Crippen LogP contribution in [-0.2, 0) is 35.1 Å². The van der Waals surface area contributed by atoms with E-state index in [4.69, 9.17) is 15.2 Å². The molecule has 0 bridgehead atoms. The van der Waals surface area contributed by atoms with Gasteiger partial charge in [0.2, 0.25) is 23.6 Å². The standard InChI is InChI=1S/C45H74N8O7S/c1-13-29(6)39(52(10)45(58)37(27(2)3)50-43(57)38(28(4)5)51(8)9)35(59-11)25-36(54)53-23-17-20-34(53)40(60-12)30(7)41(55)48-32(24-31-18-15-14-16-19-31)44-49-33(26-61-44)42(56)47-22-21-46/h14-16,18-19,26-30,32,34-35,37-40H,13,17,20-25,46H2,1-12H3,(H,47,56)(H,48,55)(H,50,57)/t29-,30+,32-,34-,35+,37-,38?,39-,40+/m0/s1. The van der Waals surface area contributed by atoms with Crippen LogP contribution in [0.25, 0.3) is 0 Å². The zero-order valence-electron chi connectivity index (χ0n) is 38.6. The number of benzene rings is 1. The van der Waals surface area contributed by atoms with Gasteiger partial charge in [0.05, 0.1) is 48.7 Å². The van der Waals surface area contributed by atoms with Crippen molar-refractivity contribution in [2.45, 2.75) is 123 Å². The van der Waals surface area contributed by atoms with Gasteiger partial charge in [-0.2, -0.15) is 0 Å². The maximum absolute atomic E-state index is 14.4. The molecule has 2 aromatic rings. The summed E-state index contributed by atoms with van der Waals surface area (Å²) in [6, 6.07) is 7.20. The summed E-state index contributed by atoms with van der Waals surface area (Å²) >= 11 is 1.30. The van der Waals surface area contributed by atoms with Crippen molar-refractivity contribution in [3.8, 4) is 0 Å². The van der Waals surface area contributed by atoms with Crippen LogP contribution in [0, 0.1) is 23.7 Å². The van der Waals surface area contributed by atoms with Crippen LogP contribution < -0.4 is 21.7 Å². The van der Waals surface area contributed by atoms with E-state index in [-0.39, 0.29) is 65.4 Å². The Morgan fingerprint density at radius 1 is 0.951 bits per heavy atom. The molecule has 15 nitrogen and oxygen atoms in total. The number of ether oxygens (including phenoxy) is 2. The van der Waals surface area contributed by atoms with E-state index in [9.17, 15) is 24.0 Å². The van der Waals surface area contributed by atoms with Crippen molar-refractivity contribution in [2.24, 2.45) is 29.4 Å². The van der Waals surface area contributed by atoms with Crippen LogP contribution in [0.1, 0.15) is 101 Å². The fourth-order valence-corrected chi connectivity index (χ4v) is 9.44. The van der Waals surface area contributed by atoms with Crippen molar-refractivity contribution in [1.82, 2.24) is 35.6 Å². The summed E-state index contributed by atoms with van der Waals surface area (Å²) in [6.07, 6.45) is 1.30. The van der Waals surface area contributed by atoms with E-state index < -0.39 is 42.3 Å². The minimum atomic E-state index is -0.776. The molecule has 3 rings (SSSR count). The van der Waals surface area contributed by atoms with E-state index in [1.807, 2.05) is 90.9 Å². The number of thiazole rings is 1. The van der Waals surface area contributed by atoms with Gasteiger partial charge >= 0.3 is 0 Å². The Morgan fingerprint density at radius 3 is 2.18 bits per heavy atom. The number of hydrogen-bond acceptors (Lipinski definition) is 11. The van der Waals surface area contributed by atoms with Crippen molar-refractivity contribution >= 4 is 40.9 Å². The van der Waals surface area contributed by atoms with Crippen LogP contribution in [0.5, 0.6) is 0 Å². The highest BCUT2D eigenvalue weighted by Crippen LogP contribution is 2.31. The predicted octanol–water partition coefficient (Wildman–Crippen LogP) is 3.88. The number of nitrogens with one attached hydrogen (secondary N) is 3. The molecule has 1 aliphatic heterocycles. The van der Waals surface area contributed by atoms with E-state index in [1.54, 1.807) is 43.4 Å². The number of nitrogens with zero attached hydrogens (tertiary/aromatic N) is 4. The number of carbonyl (C=O) groups excluding carboxylic acids is 5. The lowest BCUT2D eigenvalue weighted by molar-refractivity contribution is -0.148. The summed E-state index contributed by atoms with van der Waals surface area (Å²) < 4.78 is 12.1. The van der Waals surface area contributed by atoms with E-state index in [0.717, 1.165) is 18.4 Å². The smallest absolute Gasteiger partial charge is 0.270 e. The second-order valence-corrected chi connectivity index (χ2v) is 18.2. The molecular formula is C45H74N8O7S. The molecule has 1 unspecified atom stereocenters. The summed E-state index contributed by atoms with van der Waals surface area (Å²) in [5.41, 5.74) is 6.82. The maximum atomic E-state index is 14.4. The highest BCUT2D eigenvalue weighted by Gasteiger charge is 2.43. The molecule has 5 N–H and O–H groups in total. The lowest BCUT2D eigenvalue weighted by Gasteiger charge is -2.41. The van der Waals surface area contributed by atoms with Crippen LogP contribution in [0.2, 0.25) is 0 Å². The van der Waals surface area contributed by atoms with E-state index >= 15 is 0 Å². The lowest BCUT2D eigenvalue weighted by atomic mass is 9.89. The summed E-state index contributed by atoms with van der Waals surface area (Å²) in [6.45, 7) is 14.8. The number of aromatic nitrogens is 1. The number of amides is 5. The van der Waals surface area contributed by atoms with Crippen LogP contribution in [0.15, 0.2) is 35.7 Å². The first-order valence-electron chi connectivity index (χ1n) is 21.8. The van der Waals surface area contributed by atoms with Crippen molar-refractivity contribution in [3.63, 3.8) is 0 Å². The summed E-state index contributed by atoms with van der Waals surface area (Å²) in [4.78, 5) is 79.0. The zero-order valence-corrected chi connectivity index (χ0v) is 39.4. The Hall–Kier alpha value is -3.96. The molecule has 61 heavy (non-hydrogen) atoms. The van der Waals surface area contributed by atoms with Crippen molar-refractivity contribution in [1.29, 1.82) is 0 Å². The fourth-order valence-electron chi connectivity index (χ4n) is 8.59. The lowest BCUT2D eigenvalue weighted by Crippen LogP contribution is -2.59. The topological polar surface area (TPSA) is 189 Å². The molecule has 342 valence electrons. The second kappa shape index (κ2) is 24.6. The molecule has 1 aromatic heterocycles. The van der Waals surface area contributed by atoms with Gasteiger partial charge in [0.15, 0.2) is 0 Å². The summed E-state index contributed by atoms with van der Waals surface area (Å²) in [5, 5.41) is 11.3. The number of nitrogens with two attached hydrogens (primary N) is 1. The Morgan fingerprint density at radius 2 is 1.62 bits per heavy atom. The van der Waals surface area contributed by atoms with Gasteiger partial charge in [0.1, 0.15) is 16.7 Å². The number of rotatable bonds is 24. The molecule has 9 atom stereocenters. The average Bonchev–Trinajstić information content (AvgIpc) is 3.92. The Kier molecular flexibility index (Phi) is 20.7. The van der Waals surface area contributed by atoms with Gasteiger partial charge < -0.3 is 41.0 Å². The van der Waals surface area contributed by atoms with E-state index in [0.29, 0.717) is 37.5 Å². The minimum absolute atomic E-state index is 0.00971. The zero-order chi connectivity index (χ0) is 45.6. The Bertz CT molecular complexity index is 1700. The molecule has 1 aromatic carbocycles. The number of methoxy groups -OCH3 is 2. The van der Waals surface area contributed by atoms with Crippen molar-refractivity contribution in [3.05, 3.63) is 52.0 Å². The van der Waals surface area contributed by atoms with Crippen molar-refractivity contribution in [2.75, 3.05) is 55.0 Å². The van der Waals surface area contributed by atoms with Crippen LogP contribution in [-0.4, -0.2) is 141 Å². The van der Waals surface area contributed by atoms with Gasteiger partial charge in [-0.1, -0.05) is 85.2 Å². The number of likely N-dealkylation sites (N-methyl/N-ethyl adjacent to an activating group) is 2. The molecule has 1 fully saturated rings. The number of hydrogen-bond donors (Lipinski definition) is 4. The monoisotopic (exact) mass is 871 g/mol. The average molecular weight is 871 g/mol. The fraction of sp³-hybridized carbons (Fsp3) is 0.689. The molecule has 0 radical (unpaired) electrons. The predicted molar refractivity (Wildman–Crippen MR) is 240 cm³/mol. The summed E-state index contributed by atoms with van der Waals surface area (Å²) in [5.74, 6) is -2.04. The maximum Gasteiger partial charge on any atom is 0.270 e. The minimum Gasteiger partial charge on any atom is -0.379 e. The van der Waals surface area contributed by atoms with Gasteiger partial charge in [-0.25, -0.2) is 4.98 Å². The van der Waals surface area contributed by atoms with Gasteiger partial charge in [-0.05, 0) is 56.7 Å². The Labute approximate surface area is 368 Å². The van der Waals surface area contributed by atoms with Crippen LogP contribution in [0.3, 0.4) is 0 Å². The first-order valence-corrected chi connectivity index (χ1v) is 22.7. The molecular weight excluding hydrogens is 797 g/mol. The van der Waals surface area contributed by atoms with Crippen LogP contribution >= 0.6 is 11.3 Å². The normalized spacial score (nSPS) is 18.2. The number of carbonyl (C=O) groups is 5. The highest BCUT2D eigenvalue weighted by molar-refractivity contribution is 7.09. The molecule has 16 heteroatoms. The molecule has 1 saturated heterocycles. The van der Waals surface area contributed by atoms with E-state index in [1.165, 1.54) is 11.3 Å². The largest absolute Gasteiger partial charge is 0.379 e. The van der Waals surface area contributed by atoms with Gasteiger partial charge in [-0.15, -0.1) is 11.3 Å². The quantitative estimate of drug-likeness (QED) is 0.121. The first kappa shape index (κ1) is 51.4. The van der Waals surface area contributed by atoms with Gasteiger partial charge in [0.25, 0.3) is 5.91 Å². The molecule has 1 aliphatic rings. The molecule has 2 heterocycles. The third-order valence-electron chi connectivity index (χ3n) is 12.0. The van der Waals surface area contributed by atoms with Crippen molar-refractivity contribution < 1.29 is 33.4 Å². The third kappa shape index (κ3) is 13.8. The Balaban J connectivity index is 1.82. The molecule has 0 spiro atoms. The third-order valence-corrected chi connectivity index (χ3v) is 13.0. The molecule has 0 aliphatic carbocycles. The van der Waals surface area contributed by atoms with E-state index in [2.05, 4.69) is 20.9 Å². The first-order chi connectivity index (χ1) is 28.9. The van der Waals surface area contributed by atoms with Gasteiger partial charge in [0, 0.05) is 46.3 Å². The molecule has 5 amide bonds. The number of likely N-dealkylation sites (tertiary alicyclic amines) is 1. The summed E-state index contributed by atoms with van der Waals surface area (Å²) in [7, 11) is 8.57. The second-order valence-electron chi connectivity index (χ2n) is 17.3. The van der Waals surface area contributed by atoms with Gasteiger partial charge in [-0.3, -0.25) is 28.9 Å². The SMILES string of the molecule is CC[C@H](C)[C@@H]([C@@H](CC(=O)N1CCC[C@H]1[C@H](OC)[C@@H](C)C(=O)N[C@@H](Cc1ccccc1)c1nc(C(=O)NCCN)cs1)OC)N(C)C(=O)[C@@H](NC(=O)C(C(C)C)N(C)C)C(C)C. The molecule has 0 saturated carbocycles. The highest BCUT2D eigenvalue weighted by atomic mass is 32.1. The van der Waals surface area contributed by atoms with Crippen LogP contribution in [0.4, 0.5) is 0 Å².